The lowest BCUT2D eigenvalue weighted by Gasteiger charge is -2.14. The zero-order chi connectivity index (χ0) is 15.6. The highest BCUT2D eigenvalue weighted by atomic mass is 35.5. The Morgan fingerprint density at radius 2 is 1.81 bits per heavy atom. The molecule has 0 aliphatic rings. The van der Waals surface area contributed by atoms with E-state index in [1.807, 2.05) is 0 Å². The second kappa shape index (κ2) is 6.24. The van der Waals surface area contributed by atoms with Crippen LogP contribution in [-0.2, 0) is 0 Å². The van der Waals surface area contributed by atoms with Gasteiger partial charge in [0, 0.05) is 30.7 Å². The summed E-state index contributed by atoms with van der Waals surface area (Å²) in [7, 11) is 3.35. The van der Waals surface area contributed by atoms with Gasteiger partial charge in [-0.05, 0) is 30.3 Å². The molecular weight excluding hydrogens is 311 g/mol. The van der Waals surface area contributed by atoms with Crippen LogP contribution in [0, 0.1) is 0 Å². The van der Waals surface area contributed by atoms with E-state index in [9.17, 15) is 4.79 Å². The predicted octanol–water partition coefficient (Wildman–Crippen LogP) is 4.07. The summed E-state index contributed by atoms with van der Waals surface area (Å²) in [6.07, 6.45) is 0. The number of carbonyl (C=O) groups is 1. The molecule has 2 rings (SSSR count). The van der Waals surface area contributed by atoms with Gasteiger partial charge in [0.05, 0.1) is 10.7 Å². The Morgan fingerprint density at radius 1 is 1.10 bits per heavy atom. The number of halogens is 2. The summed E-state index contributed by atoms with van der Waals surface area (Å²) < 4.78 is 5.68. The lowest BCUT2D eigenvalue weighted by Crippen LogP contribution is -2.21. The summed E-state index contributed by atoms with van der Waals surface area (Å²) in [5.41, 5.74) is 6.75. The van der Waals surface area contributed by atoms with E-state index < -0.39 is 0 Å². The third-order valence-electron chi connectivity index (χ3n) is 2.78. The Hall–Kier alpha value is -1.91. The molecule has 2 N–H and O–H groups in total. The van der Waals surface area contributed by atoms with Crippen molar-refractivity contribution < 1.29 is 9.53 Å². The fraction of sp³-hybridized carbons (Fsp3) is 0.133. The standard InChI is InChI=1S/C15H14Cl2N2O2/c1-19(2)15(20)9-3-6-12(18)14(7-9)21-13-8-10(16)4-5-11(13)17/h3-8H,18H2,1-2H3. The average Bonchev–Trinajstić information content (AvgIpc) is 2.44. The summed E-state index contributed by atoms with van der Waals surface area (Å²) in [5, 5.41) is 0.900. The van der Waals surface area contributed by atoms with E-state index in [0.717, 1.165) is 0 Å². The number of nitrogens with two attached hydrogens (primary N) is 1. The predicted molar refractivity (Wildman–Crippen MR) is 85.4 cm³/mol. The van der Waals surface area contributed by atoms with Crippen molar-refractivity contribution in [3.8, 4) is 11.5 Å². The van der Waals surface area contributed by atoms with Crippen molar-refractivity contribution in [1.29, 1.82) is 0 Å². The van der Waals surface area contributed by atoms with Crippen molar-refractivity contribution in [3.63, 3.8) is 0 Å². The van der Waals surface area contributed by atoms with Crippen molar-refractivity contribution in [3.05, 3.63) is 52.0 Å². The molecule has 0 aliphatic carbocycles. The number of hydrogen-bond acceptors (Lipinski definition) is 3. The minimum absolute atomic E-state index is 0.142. The molecule has 0 fully saturated rings. The average molecular weight is 325 g/mol. The van der Waals surface area contributed by atoms with Crippen LogP contribution in [0.25, 0.3) is 0 Å². The molecule has 0 atom stereocenters. The third kappa shape index (κ3) is 3.60. The fourth-order valence-electron chi connectivity index (χ4n) is 1.69. The van der Waals surface area contributed by atoms with Crippen LogP contribution in [0.5, 0.6) is 11.5 Å². The molecule has 0 saturated carbocycles. The van der Waals surface area contributed by atoms with Gasteiger partial charge in [-0.3, -0.25) is 4.79 Å². The first-order chi connectivity index (χ1) is 9.88. The molecule has 2 aromatic carbocycles. The summed E-state index contributed by atoms with van der Waals surface area (Å²) in [6.45, 7) is 0. The number of benzene rings is 2. The van der Waals surface area contributed by atoms with E-state index in [1.54, 1.807) is 50.5 Å². The first-order valence-corrected chi connectivity index (χ1v) is 6.88. The highest BCUT2D eigenvalue weighted by Gasteiger charge is 2.13. The van der Waals surface area contributed by atoms with Crippen molar-refractivity contribution in [2.45, 2.75) is 0 Å². The number of rotatable bonds is 3. The van der Waals surface area contributed by atoms with Crippen LogP contribution in [0.3, 0.4) is 0 Å². The van der Waals surface area contributed by atoms with E-state index in [4.69, 9.17) is 33.7 Å². The van der Waals surface area contributed by atoms with Crippen LogP contribution in [0.1, 0.15) is 10.4 Å². The zero-order valence-corrected chi connectivity index (χ0v) is 13.1. The van der Waals surface area contributed by atoms with E-state index >= 15 is 0 Å². The molecule has 0 unspecified atom stereocenters. The van der Waals surface area contributed by atoms with Gasteiger partial charge < -0.3 is 15.4 Å². The number of nitrogens with zero attached hydrogens (tertiary/aromatic N) is 1. The monoisotopic (exact) mass is 324 g/mol. The molecule has 4 nitrogen and oxygen atoms in total. The number of amides is 1. The van der Waals surface area contributed by atoms with Crippen molar-refractivity contribution >= 4 is 34.8 Å². The number of anilines is 1. The molecule has 0 saturated heterocycles. The molecule has 0 spiro atoms. The summed E-state index contributed by atoms with van der Waals surface area (Å²) in [5.74, 6) is 0.592. The normalized spacial score (nSPS) is 10.3. The number of nitrogen functional groups attached to an aromatic ring is 1. The van der Waals surface area contributed by atoms with Crippen molar-refractivity contribution in [1.82, 2.24) is 4.90 Å². The Morgan fingerprint density at radius 3 is 2.48 bits per heavy atom. The van der Waals surface area contributed by atoms with Crippen LogP contribution >= 0.6 is 23.2 Å². The van der Waals surface area contributed by atoms with E-state index in [0.29, 0.717) is 32.8 Å². The maximum Gasteiger partial charge on any atom is 0.253 e. The lowest BCUT2D eigenvalue weighted by molar-refractivity contribution is 0.0827. The number of hydrogen-bond donors (Lipinski definition) is 1. The molecule has 0 aromatic heterocycles. The highest BCUT2D eigenvalue weighted by molar-refractivity contribution is 6.34. The van der Waals surface area contributed by atoms with Crippen LogP contribution < -0.4 is 10.5 Å². The summed E-state index contributed by atoms with van der Waals surface area (Å²) in [4.78, 5) is 13.4. The summed E-state index contributed by atoms with van der Waals surface area (Å²) >= 11 is 12.0. The molecule has 0 bridgehead atoms. The minimum atomic E-state index is -0.142. The first-order valence-electron chi connectivity index (χ1n) is 6.12. The van der Waals surface area contributed by atoms with Crippen LogP contribution in [0.2, 0.25) is 10.0 Å². The smallest absolute Gasteiger partial charge is 0.253 e. The van der Waals surface area contributed by atoms with Gasteiger partial charge in [-0.25, -0.2) is 0 Å². The molecule has 6 heteroatoms. The summed E-state index contributed by atoms with van der Waals surface area (Å²) in [6, 6.07) is 9.71. The molecule has 110 valence electrons. The molecule has 1 amide bonds. The van der Waals surface area contributed by atoms with E-state index in [2.05, 4.69) is 0 Å². The number of ether oxygens (including phenoxy) is 1. The third-order valence-corrected chi connectivity index (χ3v) is 3.33. The Bertz CT molecular complexity index is 687. The second-order valence-corrected chi connectivity index (χ2v) is 5.47. The maximum atomic E-state index is 12.0. The van der Waals surface area contributed by atoms with E-state index in [-0.39, 0.29) is 5.91 Å². The van der Waals surface area contributed by atoms with Crippen LogP contribution in [-0.4, -0.2) is 24.9 Å². The van der Waals surface area contributed by atoms with Gasteiger partial charge in [0.2, 0.25) is 0 Å². The topological polar surface area (TPSA) is 55.6 Å². The van der Waals surface area contributed by atoms with Gasteiger partial charge in [-0.2, -0.15) is 0 Å². The van der Waals surface area contributed by atoms with E-state index in [1.165, 1.54) is 4.90 Å². The van der Waals surface area contributed by atoms with Gasteiger partial charge in [-0.15, -0.1) is 0 Å². The highest BCUT2D eigenvalue weighted by Crippen LogP contribution is 2.34. The van der Waals surface area contributed by atoms with Gasteiger partial charge in [0.1, 0.15) is 5.75 Å². The van der Waals surface area contributed by atoms with Crippen molar-refractivity contribution in [2.24, 2.45) is 0 Å². The second-order valence-electron chi connectivity index (χ2n) is 4.63. The Balaban J connectivity index is 2.37. The van der Waals surface area contributed by atoms with Crippen LogP contribution in [0.4, 0.5) is 5.69 Å². The van der Waals surface area contributed by atoms with Gasteiger partial charge in [0.15, 0.2) is 5.75 Å². The Labute approximate surface area is 133 Å². The maximum absolute atomic E-state index is 12.0. The van der Waals surface area contributed by atoms with Crippen LogP contribution in [0.15, 0.2) is 36.4 Å². The Kier molecular flexibility index (Phi) is 4.60. The fourth-order valence-corrected chi connectivity index (χ4v) is 2.01. The van der Waals surface area contributed by atoms with Gasteiger partial charge >= 0.3 is 0 Å². The molecule has 2 aromatic rings. The molecule has 0 heterocycles. The SMILES string of the molecule is CN(C)C(=O)c1ccc(N)c(Oc2cc(Cl)ccc2Cl)c1. The minimum Gasteiger partial charge on any atom is -0.454 e. The lowest BCUT2D eigenvalue weighted by atomic mass is 10.1. The number of carbonyl (C=O) groups excluding carboxylic acids is 1. The van der Waals surface area contributed by atoms with Crippen molar-refractivity contribution in [2.75, 3.05) is 19.8 Å². The first kappa shape index (κ1) is 15.5. The molecular formula is C15H14Cl2N2O2. The molecule has 0 aliphatic heterocycles. The quantitative estimate of drug-likeness (QED) is 0.866. The molecule has 0 radical (unpaired) electrons. The largest absolute Gasteiger partial charge is 0.454 e. The molecule has 21 heavy (non-hydrogen) atoms. The zero-order valence-electron chi connectivity index (χ0n) is 11.6. The van der Waals surface area contributed by atoms with Gasteiger partial charge in [-0.1, -0.05) is 23.2 Å². The van der Waals surface area contributed by atoms with Gasteiger partial charge in [0.25, 0.3) is 5.91 Å².